The van der Waals surface area contributed by atoms with Gasteiger partial charge in [0.05, 0.1) is 0 Å². The minimum Gasteiger partial charge on any atom is -0.330 e. The Hall–Kier alpha value is -0.0800. The van der Waals surface area contributed by atoms with Gasteiger partial charge in [-0.3, -0.25) is 4.90 Å². The number of hydrogen-bond acceptors (Lipinski definition) is 2. The quantitative estimate of drug-likeness (QED) is 0.752. The fourth-order valence-corrected chi connectivity index (χ4v) is 4.26. The van der Waals surface area contributed by atoms with Crippen molar-refractivity contribution in [1.29, 1.82) is 0 Å². The molecule has 1 saturated heterocycles. The molecule has 0 aromatic rings. The highest BCUT2D eigenvalue weighted by Gasteiger charge is 2.48. The van der Waals surface area contributed by atoms with Crippen molar-refractivity contribution in [3.63, 3.8) is 0 Å². The van der Waals surface area contributed by atoms with E-state index in [-0.39, 0.29) is 0 Å². The largest absolute Gasteiger partial charge is 0.330 e. The Balaban J connectivity index is 1.57. The number of rotatable bonds is 2. The van der Waals surface area contributed by atoms with Crippen molar-refractivity contribution in [3.8, 4) is 0 Å². The van der Waals surface area contributed by atoms with Gasteiger partial charge in [0.2, 0.25) is 0 Å². The van der Waals surface area contributed by atoms with Gasteiger partial charge in [-0.25, -0.2) is 0 Å². The lowest BCUT2D eigenvalue weighted by atomic mass is 9.76. The summed E-state index contributed by atoms with van der Waals surface area (Å²) in [4.78, 5) is 2.75. The Labute approximate surface area is 93.2 Å². The van der Waals surface area contributed by atoms with Gasteiger partial charge < -0.3 is 5.73 Å². The topological polar surface area (TPSA) is 29.3 Å². The monoisotopic (exact) mass is 208 g/mol. The van der Waals surface area contributed by atoms with E-state index in [2.05, 4.69) is 4.90 Å². The normalized spacial score (nSPS) is 39.8. The van der Waals surface area contributed by atoms with Crippen molar-refractivity contribution >= 4 is 0 Å². The molecular weight excluding hydrogens is 184 g/mol. The summed E-state index contributed by atoms with van der Waals surface area (Å²) in [7, 11) is 0. The molecule has 0 amide bonds. The smallest absolute Gasteiger partial charge is 0.0136 e. The van der Waals surface area contributed by atoms with Gasteiger partial charge in [0.1, 0.15) is 0 Å². The summed E-state index contributed by atoms with van der Waals surface area (Å²) >= 11 is 0. The first kappa shape index (κ1) is 10.1. The standard InChI is InChI=1S/C13H24N2/c14-8-11-4-3-5-12(11)15-9-13(10-15)6-1-2-7-13/h11-12H,1-10,14H2. The van der Waals surface area contributed by atoms with Crippen LogP contribution in [-0.2, 0) is 0 Å². The molecule has 0 radical (unpaired) electrons. The predicted molar refractivity (Wildman–Crippen MR) is 62.7 cm³/mol. The third-order valence-electron chi connectivity index (χ3n) is 5.13. The van der Waals surface area contributed by atoms with E-state index < -0.39 is 0 Å². The van der Waals surface area contributed by atoms with Gasteiger partial charge in [-0.15, -0.1) is 0 Å². The number of nitrogens with two attached hydrogens (primary N) is 1. The first-order valence-corrected chi connectivity index (χ1v) is 6.77. The van der Waals surface area contributed by atoms with Crippen LogP contribution in [-0.4, -0.2) is 30.6 Å². The van der Waals surface area contributed by atoms with Crippen molar-refractivity contribution in [3.05, 3.63) is 0 Å². The minimum atomic E-state index is 0.766. The SMILES string of the molecule is NCC1CCCC1N1CC2(CCCC2)C1. The van der Waals surface area contributed by atoms with E-state index in [4.69, 9.17) is 5.73 Å². The van der Waals surface area contributed by atoms with E-state index in [9.17, 15) is 0 Å². The first-order chi connectivity index (χ1) is 7.33. The van der Waals surface area contributed by atoms with Gasteiger partial charge in [0.25, 0.3) is 0 Å². The van der Waals surface area contributed by atoms with E-state index in [1.54, 1.807) is 0 Å². The van der Waals surface area contributed by atoms with Crippen LogP contribution in [0.3, 0.4) is 0 Å². The molecule has 2 unspecified atom stereocenters. The Morgan fingerprint density at radius 3 is 2.47 bits per heavy atom. The zero-order valence-electron chi connectivity index (χ0n) is 9.75. The highest BCUT2D eigenvalue weighted by atomic mass is 15.2. The molecule has 2 saturated carbocycles. The average Bonchev–Trinajstić information content (AvgIpc) is 2.83. The van der Waals surface area contributed by atoms with Crippen LogP contribution >= 0.6 is 0 Å². The lowest BCUT2D eigenvalue weighted by Crippen LogP contribution is -2.59. The molecule has 2 N–H and O–H groups in total. The lowest BCUT2D eigenvalue weighted by molar-refractivity contribution is -0.0366. The summed E-state index contributed by atoms with van der Waals surface area (Å²) in [6.45, 7) is 3.70. The van der Waals surface area contributed by atoms with Gasteiger partial charge >= 0.3 is 0 Å². The maximum atomic E-state index is 5.86. The predicted octanol–water partition coefficient (Wildman–Crippen LogP) is 1.99. The third-order valence-corrected chi connectivity index (χ3v) is 5.13. The molecule has 3 fully saturated rings. The molecule has 3 rings (SSSR count). The molecule has 2 atom stereocenters. The second kappa shape index (κ2) is 3.74. The van der Waals surface area contributed by atoms with E-state index in [1.165, 1.54) is 58.0 Å². The van der Waals surface area contributed by atoms with Crippen molar-refractivity contribution in [2.24, 2.45) is 17.1 Å². The minimum absolute atomic E-state index is 0.766. The summed E-state index contributed by atoms with van der Waals surface area (Å²) in [5.74, 6) is 0.809. The highest BCUT2D eigenvalue weighted by Crippen LogP contribution is 2.48. The summed E-state index contributed by atoms with van der Waals surface area (Å²) < 4.78 is 0. The van der Waals surface area contributed by atoms with Crippen LogP contribution in [0.5, 0.6) is 0 Å². The number of nitrogens with zero attached hydrogens (tertiary/aromatic N) is 1. The highest BCUT2D eigenvalue weighted by molar-refractivity contribution is 5.02. The molecule has 1 spiro atoms. The molecule has 15 heavy (non-hydrogen) atoms. The summed E-state index contributed by atoms with van der Waals surface area (Å²) in [5.41, 5.74) is 6.62. The van der Waals surface area contributed by atoms with Crippen molar-refractivity contribution < 1.29 is 0 Å². The Morgan fingerprint density at radius 2 is 1.80 bits per heavy atom. The summed E-state index contributed by atoms with van der Waals surface area (Å²) in [5, 5.41) is 0. The molecule has 0 aromatic heterocycles. The molecule has 2 nitrogen and oxygen atoms in total. The van der Waals surface area contributed by atoms with Crippen LogP contribution < -0.4 is 5.73 Å². The van der Waals surface area contributed by atoms with Gasteiger partial charge in [-0.2, -0.15) is 0 Å². The zero-order valence-corrected chi connectivity index (χ0v) is 9.75. The number of likely N-dealkylation sites (tertiary alicyclic amines) is 1. The molecule has 86 valence electrons. The van der Waals surface area contributed by atoms with Crippen LogP contribution in [0.2, 0.25) is 0 Å². The van der Waals surface area contributed by atoms with E-state index in [0.717, 1.165) is 23.9 Å². The molecule has 0 bridgehead atoms. The van der Waals surface area contributed by atoms with Crippen molar-refractivity contribution in [2.75, 3.05) is 19.6 Å². The molecule has 2 aliphatic carbocycles. The fourth-order valence-electron chi connectivity index (χ4n) is 4.26. The molecule has 1 heterocycles. The van der Waals surface area contributed by atoms with Gasteiger partial charge in [0.15, 0.2) is 0 Å². The van der Waals surface area contributed by atoms with Gasteiger partial charge in [-0.1, -0.05) is 19.3 Å². The maximum Gasteiger partial charge on any atom is 0.0136 e. The van der Waals surface area contributed by atoms with E-state index in [0.29, 0.717) is 0 Å². The van der Waals surface area contributed by atoms with E-state index >= 15 is 0 Å². The molecular formula is C13H24N2. The van der Waals surface area contributed by atoms with Gasteiger partial charge in [-0.05, 0) is 43.6 Å². The molecule has 0 aromatic carbocycles. The van der Waals surface area contributed by atoms with Crippen molar-refractivity contribution in [2.45, 2.75) is 51.0 Å². The van der Waals surface area contributed by atoms with Crippen molar-refractivity contribution in [1.82, 2.24) is 4.90 Å². The van der Waals surface area contributed by atoms with Crippen LogP contribution in [0.25, 0.3) is 0 Å². The van der Waals surface area contributed by atoms with Crippen LogP contribution in [0.4, 0.5) is 0 Å². The van der Waals surface area contributed by atoms with Gasteiger partial charge in [0, 0.05) is 19.1 Å². The van der Waals surface area contributed by atoms with E-state index in [1.807, 2.05) is 0 Å². The van der Waals surface area contributed by atoms with Crippen LogP contribution in [0, 0.1) is 11.3 Å². The Bertz CT molecular complexity index is 225. The molecule has 3 aliphatic rings. The average molecular weight is 208 g/mol. The molecule has 1 aliphatic heterocycles. The Kier molecular flexibility index (Phi) is 2.52. The first-order valence-electron chi connectivity index (χ1n) is 6.77. The molecule has 2 heteroatoms. The maximum absolute atomic E-state index is 5.86. The zero-order chi connectivity index (χ0) is 10.3. The fraction of sp³-hybridized carbons (Fsp3) is 1.00. The van der Waals surface area contributed by atoms with Crippen LogP contribution in [0.1, 0.15) is 44.9 Å². The summed E-state index contributed by atoms with van der Waals surface area (Å²) in [6, 6.07) is 0.848. The summed E-state index contributed by atoms with van der Waals surface area (Å²) in [6.07, 6.45) is 10.2. The second-order valence-corrected chi connectivity index (χ2v) is 6.11. The Morgan fingerprint density at radius 1 is 1.07 bits per heavy atom. The third kappa shape index (κ3) is 1.62. The number of hydrogen-bond donors (Lipinski definition) is 1. The lowest BCUT2D eigenvalue weighted by Gasteiger charge is -2.52. The van der Waals surface area contributed by atoms with Crippen LogP contribution in [0.15, 0.2) is 0 Å². The second-order valence-electron chi connectivity index (χ2n) is 6.11.